The van der Waals surface area contributed by atoms with Gasteiger partial charge in [0.05, 0.1) is 16.9 Å². The highest BCUT2D eigenvalue weighted by molar-refractivity contribution is 7.91. The Labute approximate surface area is 223 Å². The molecule has 0 aliphatic carbocycles. The fourth-order valence-corrected chi connectivity index (χ4v) is 5.60. The zero-order valence-corrected chi connectivity index (χ0v) is 22.4. The molecule has 0 saturated heterocycles. The maximum atomic E-state index is 12.9. The van der Waals surface area contributed by atoms with Gasteiger partial charge in [-0.1, -0.05) is 48.9 Å². The van der Waals surface area contributed by atoms with Crippen molar-refractivity contribution in [2.45, 2.75) is 41.9 Å². The van der Waals surface area contributed by atoms with Crippen LogP contribution >= 0.6 is 0 Å². The highest BCUT2D eigenvalue weighted by atomic mass is 32.2. The SMILES string of the molecule is COc1ccc(C(C)(CCC(=O)O)c2ccc(Oc3ccc(S(=O)(=O)c4ccc(C)cc4)cc3)cc2)cc1. The van der Waals surface area contributed by atoms with Crippen LogP contribution in [-0.2, 0) is 20.0 Å². The maximum Gasteiger partial charge on any atom is 0.303 e. The summed E-state index contributed by atoms with van der Waals surface area (Å²) in [7, 11) is -2.01. The van der Waals surface area contributed by atoms with Crippen molar-refractivity contribution < 1.29 is 27.8 Å². The number of methoxy groups -OCH3 is 1. The van der Waals surface area contributed by atoms with Gasteiger partial charge in [-0.3, -0.25) is 4.79 Å². The Morgan fingerprint density at radius 1 is 0.737 bits per heavy atom. The molecule has 4 aromatic rings. The molecule has 4 rings (SSSR count). The van der Waals surface area contributed by atoms with Crippen molar-refractivity contribution in [3.63, 3.8) is 0 Å². The van der Waals surface area contributed by atoms with Crippen molar-refractivity contribution in [2.75, 3.05) is 7.11 Å². The summed E-state index contributed by atoms with van der Waals surface area (Å²) < 4.78 is 37.1. The zero-order chi connectivity index (χ0) is 27.3. The van der Waals surface area contributed by atoms with E-state index in [2.05, 4.69) is 0 Å². The Morgan fingerprint density at radius 3 is 1.61 bits per heavy atom. The summed E-state index contributed by atoms with van der Waals surface area (Å²) in [6, 6.07) is 28.2. The Hall–Kier alpha value is -4.10. The predicted molar refractivity (Wildman–Crippen MR) is 146 cm³/mol. The molecule has 4 aromatic carbocycles. The van der Waals surface area contributed by atoms with Crippen LogP contribution in [0.4, 0.5) is 0 Å². The third-order valence-electron chi connectivity index (χ3n) is 6.76. The second kappa shape index (κ2) is 11.1. The first-order valence-electron chi connectivity index (χ1n) is 12.2. The van der Waals surface area contributed by atoms with Crippen LogP contribution in [0.25, 0.3) is 0 Å². The lowest BCUT2D eigenvalue weighted by atomic mass is 9.73. The van der Waals surface area contributed by atoms with Gasteiger partial charge in [-0.15, -0.1) is 0 Å². The molecule has 0 amide bonds. The van der Waals surface area contributed by atoms with Crippen LogP contribution in [0.3, 0.4) is 0 Å². The molecule has 1 unspecified atom stereocenters. The van der Waals surface area contributed by atoms with Gasteiger partial charge in [0.2, 0.25) is 9.84 Å². The smallest absolute Gasteiger partial charge is 0.303 e. The van der Waals surface area contributed by atoms with Crippen molar-refractivity contribution in [3.8, 4) is 17.2 Å². The summed E-state index contributed by atoms with van der Waals surface area (Å²) in [4.78, 5) is 11.8. The van der Waals surface area contributed by atoms with E-state index in [1.165, 1.54) is 12.1 Å². The minimum atomic E-state index is -3.62. The second-order valence-corrected chi connectivity index (χ2v) is 11.3. The minimum Gasteiger partial charge on any atom is -0.497 e. The first-order chi connectivity index (χ1) is 18.1. The van der Waals surface area contributed by atoms with Crippen molar-refractivity contribution in [2.24, 2.45) is 0 Å². The van der Waals surface area contributed by atoms with Gasteiger partial charge < -0.3 is 14.6 Å². The molecule has 0 radical (unpaired) electrons. The van der Waals surface area contributed by atoms with Crippen LogP contribution in [0.1, 0.15) is 36.5 Å². The predicted octanol–water partition coefficient (Wildman–Crippen LogP) is 6.80. The van der Waals surface area contributed by atoms with Crippen molar-refractivity contribution in [1.29, 1.82) is 0 Å². The number of benzene rings is 4. The van der Waals surface area contributed by atoms with Crippen LogP contribution < -0.4 is 9.47 Å². The molecule has 196 valence electrons. The van der Waals surface area contributed by atoms with E-state index in [1.54, 1.807) is 43.5 Å². The topological polar surface area (TPSA) is 89.9 Å². The van der Waals surface area contributed by atoms with Crippen LogP contribution in [0, 0.1) is 6.92 Å². The number of hydrogen-bond acceptors (Lipinski definition) is 5. The fraction of sp³-hybridized carbons (Fsp3) is 0.194. The van der Waals surface area contributed by atoms with Gasteiger partial charge in [0, 0.05) is 11.8 Å². The number of aliphatic carboxylic acids is 1. The molecule has 0 heterocycles. The Balaban J connectivity index is 1.53. The van der Waals surface area contributed by atoms with Gasteiger partial charge in [0.1, 0.15) is 17.2 Å². The molecule has 0 fully saturated rings. The van der Waals surface area contributed by atoms with Gasteiger partial charge in [-0.25, -0.2) is 8.42 Å². The third-order valence-corrected chi connectivity index (χ3v) is 8.54. The van der Waals surface area contributed by atoms with Crippen molar-refractivity contribution in [1.82, 2.24) is 0 Å². The molecule has 0 saturated carbocycles. The summed E-state index contributed by atoms with van der Waals surface area (Å²) in [5, 5.41) is 9.33. The molecule has 0 bridgehead atoms. The Bertz CT molecular complexity index is 1490. The standard InChI is InChI=1S/C31H30O6S/c1-22-4-16-28(17-5-22)38(34,35)29-18-14-27(15-19-29)37-26-12-8-24(9-13-26)31(2,21-20-30(32)33)23-6-10-25(36-3)11-7-23/h4-19H,20-21H2,1-3H3,(H,32,33). The van der Waals surface area contributed by atoms with Gasteiger partial charge in [0.25, 0.3) is 0 Å². The first-order valence-corrected chi connectivity index (χ1v) is 13.7. The van der Waals surface area contributed by atoms with E-state index in [9.17, 15) is 18.3 Å². The molecular formula is C31H30O6S. The third kappa shape index (κ3) is 5.89. The van der Waals surface area contributed by atoms with Gasteiger partial charge in [0.15, 0.2) is 0 Å². The van der Waals surface area contributed by atoms with Crippen LogP contribution in [0.5, 0.6) is 17.2 Å². The number of ether oxygens (including phenoxy) is 2. The zero-order valence-electron chi connectivity index (χ0n) is 21.5. The molecule has 0 aliphatic heterocycles. The van der Waals surface area contributed by atoms with Gasteiger partial charge in [-0.05, 0) is 85.1 Å². The largest absolute Gasteiger partial charge is 0.497 e. The van der Waals surface area contributed by atoms with E-state index in [4.69, 9.17) is 9.47 Å². The normalized spacial score (nSPS) is 12.9. The number of carboxylic acid groups (broad SMARTS) is 1. The lowest BCUT2D eigenvalue weighted by Crippen LogP contribution is -2.24. The average molecular weight is 531 g/mol. The average Bonchev–Trinajstić information content (AvgIpc) is 2.93. The van der Waals surface area contributed by atoms with Crippen molar-refractivity contribution in [3.05, 3.63) is 114 Å². The molecular weight excluding hydrogens is 500 g/mol. The first kappa shape index (κ1) is 26.9. The van der Waals surface area contributed by atoms with Crippen LogP contribution in [0.15, 0.2) is 107 Å². The second-order valence-electron chi connectivity index (χ2n) is 9.37. The summed E-state index contributed by atoms with van der Waals surface area (Å²) in [6.07, 6.45) is 0.449. The fourth-order valence-electron chi connectivity index (χ4n) is 4.34. The molecule has 6 nitrogen and oxygen atoms in total. The molecule has 0 aliphatic rings. The Kier molecular flexibility index (Phi) is 7.88. The molecule has 0 spiro atoms. The number of carboxylic acids is 1. The molecule has 1 N–H and O–H groups in total. The van der Waals surface area contributed by atoms with Crippen molar-refractivity contribution >= 4 is 15.8 Å². The maximum absolute atomic E-state index is 12.9. The highest BCUT2D eigenvalue weighted by Crippen LogP contribution is 2.38. The van der Waals surface area contributed by atoms with Gasteiger partial charge >= 0.3 is 5.97 Å². The lowest BCUT2D eigenvalue weighted by Gasteiger charge is -2.31. The van der Waals surface area contributed by atoms with E-state index in [0.29, 0.717) is 17.9 Å². The van der Waals surface area contributed by atoms with E-state index >= 15 is 0 Å². The minimum absolute atomic E-state index is 0.0264. The number of aryl methyl sites for hydroxylation is 1. The number of rotatable bonds is 10. The molecule has 38 heavy (non-hydrogen) atoms. The van der Waals surface area contributed by atoms with E-state index in [-0.39, 0.29) is 16.2 Å². The van der Waals surface area contributed by atoms with E-state index in [1.807, 2.05) is 62.4 Å². The monoisotopic (exact) mass is 530 g/mol. The summed E-state index contributed by atoms with van der Waals surface area (Å²) in [5.74, 6) is 0.968. The number of carbonyl (C=O) groups is 1. The lowest BCUT2D eigenvalue weighted by molar-refractivity contribution is -0.137. The number of sulfone groups is 1. The van der Waals surface area contributed by atoms with E-state index < -0.39 is 21.2 Å². The van der Waals surface area contributed by atoms with Crippen LogP contribution in [-0.4, -0.2) is 26.6 Å². The van der Waals surface area contributed by atoms with Gasteiger partial charge in [-0.2, -0.15) is 0 Å². The Morgan fingerprint density at radius 2 is 1.16 bits per heavy atom. The summed E-state index contributed by atoms with van der Waals surface area (Å²) in [5.41, 5.74) is 2.40. The highest BCUT2D eigenvalue weighted by Gasteiger charge is 2.30. The molecule has 1 atom stereocenters. The quantitative estimate of drug-likeness (QED) is 0.243. The number of hydrogen-bond donors (Lipinski definition) is 1. The molecule has 7 heteroatoms. The summed E-state index contributed by atoms with van der Waals surface area (Å²) >= 11 is 0. The summed E-state index contributed by atoms with van der Waals surface area (Å²) in [6.45, 7) is 3.94. The van der Waals surface area contributed by atoms with E-state index in [0.717, 1.165) is 22.4 Å². The molecule has 0 aromatic heterocycles. The van der Waals surface area contributed by atoms with Crippen LogP contribution in [0.2, 0.25) is 0 Å².